The van der Waals surface area contributed by atoms with Crippen LogP contribution in [0.15, 0.2) is 47.4 Å². The zero-order valence-corrected chi connectivity index (χ0v) is 14.4. The second-order valence-electron chi connectivity index (χ2n) is 5.44. The monoisotopic (exact) mass is 380 g/mol. The Bertz CT molecular complexity index is 881. The van der Waals surface area contributed by atoms with Crippen LogP contribution in [0.3, 0.4) is 0 Å². The van der Waals surface area contributed by atoms with Gasteiger partial charge in [-0.1, -0.05) is 18.2 Å². The first kappa shape index (κ1) is 18.2. The van der Waals surface area contributed by atoms with Crippen LogP contribution < -0.4 is 4.74 Å². The quantitative estimate of drug-likeness (QED) is 0.526. The molecular formula is C16H16N2O7S. The Morgan fingerprint density at radius 1 is 1.15 bits per heavy atom. The third kappa shape index (κ3) is 4.34. The fraction of sp³-hybridized carbons (Fsp3) is 0.312. The van der Waals surface area contributed by atoms with Gasteiger partial charge in [0, 0.05) is 11.1 Å². The summed E-state index contributed by atoms with van der Waals surface area (Å²) in [6.07, 6.45) is -0.547. The first-order chi connectivity index (χ1) is 12.5. The zero-order valence-electron chi connectivity index (χ0n) is 13.6. The molecule has 0 atom stereocenters. The first-order valence-corrected chi connectivity index (χ1v) is 9.39. The fourth-order valence-electron chi connectivity index (χ4n) is 2.38. The number of rotatable bonds is 7. The number of nitro groups is 1. The van der Waals surface area contributed by atoms with Crippen molar-refractivity contribution < 1.29 is 27.6 Å². The van der Waals surface area contributed by atoms with Gasteiger partial charge in [0.1, 0.15) is 6.61 Å². The topological polar surface area (TPSA) is 118 Å². The molecule has 0 bridgehead atoms. The molecule has 138 valence electrons. The molecule has 3 rings (SSSR count). The van der Waals surface area contributed by atoms with Crippen molar-refractivity contribution in [3.63, 3.8) is 0 Å². The summed E-state index contributed by atoms with van der Waals surface area (Å²) in [5.41, 5.74) is -0.0143. The van der Waals surface area contributed by atoms with Gasteiger partial charge in [0.2, 0.25) is 0 Å². The number of pyridine rings is 1. The van der Waals surface area contributed by atoms with Crippen LogP contribution in [0.5, 0.6) is 5.88 Å². The van der Waals surface area contributed by atoms with Gasteiger partial charge in [-0.3, -0.25) is 0 Å². The van der Waals surface area contributed by atoms with Crippen molar-refractivity contribution in [3.8, 4) is 5.88 Å². The van der Waals surface area contributed by atoms with Crippen LogP contribution in [0.4, 0.5) is 5.82 Å². The van der Waals surface area contributed by atoms with E-state index in [1.807, 2.05) is 0 Å². The van der Waals surface area contributed by atoms with Crippen molar-refractivity contribution in [2.75, 3.05) is 19.8 Å². The molecule has 1 aromatic heterocycles. The van der Waals surface area contributed by atoms with E-state index in [9.17, 15) is 18.5 Å². The number of nitrogens with zero attached hydrogens (tertiary/aromatic N) is 2. The van der Waals surface area contributed by atoms with Gasteiger partial charge >= 0.3 is 11.7 Å². The first-order valence-electron chi connectivity index (χ1n) is 7.74. The van der Waals surface area contributed by atoms with Gasteiger partial charge in [-0.2, -0.15) is 0 Å². The maximum atomic E-state index is 12.4. The van der Waals surface area contributed by atoms with Crippen LogP contribution in [-0.2, 0) is 25.1 Å². The predicted molar refractivity (Wildman–Crippen MR) is 89.4 cm³/mol. The normalized spacial score (nSPS) is 15.1. The highest BCUT2D eigenvalue weighted by atomic mass is 32.2. The maximum Gasteiger partial charge on any atom is 0.371 e. The molecule has 1 aliphatic rings. The number of ether oxygens (including phenoxy) is 3. The number of hydrogen-bond acceptors (Lipinski definition) is 8. The molecule has 0 N–H and O–H groups in total. The van der Waals surface area contributed by atoms with Crippen LogP contribution in [0.25, 0.3) is 0 Å². The highest BCUT2D eigenvalue weighted by molar-refractivity contribution is 7.90. The predicted octanol–water partition coefficient (Wildman–Crippen LogP) is 1.72. The molecule has 0 unspecified atom stereocenters. The average Bonchev–Trinajstić information content (AvgIpc) is 3.15. The lowest BCUT2D eigenvalue weighted by Gasteiger charge is -2.09. The summed E-state index contributed by atoms with van der Waals surface area (Å²) in [7, 11) is -3.73. The van der Waals surface area contributed by atoms with Crippen LogP contribution in [0, 0.1) is 10.1 Å². The van der Waals surface area contributed by atoms with Crippen LogP contribution in [0.1, 0.15) is 5.56 Å². The summed E-state index contributed by atoms with van der Waals surface area (Å²) in [4.78, 5) is 14.5. The Hall–Kier alpha value is -2.56. The van der Waals surface area contributed by atoms with Crippen LogP contribution >= 0.6 is 0 Å². The molecule has 0 aliphatic carbocycles. The summed E-state index contributed by atoms with van der Waals surface area (Å²) in [6, 6.07) is 10.5. The second-order valence-corrected chi connectivity index (χ2v) is 7.43. The minimum Gasteiger partial charge on any atom is -0.454 e. The molecule has 2 aromatic rings. The van der Waals surface area contributed by atoms with E-state index in [0.29, 0.717) is 13.2 Å². The van der Waals surface area contributed by atoms with Gasteiger partial charge < -0.3 is 24.3 Å². The van der Waals surface area contributed by atoms with Crippen molar-refractivity contribution in [1.29, 1.82) is 0 Å². The van der Waals surface area contributed by atoms with Gasteiger partial charge in [-0.25, -0.2) is 8.42 Å². The zero-order chi connectivity index (χ0) is 18.6. The van der Waals surface area contributed by atoms with Gasteiger partial charge in [0.15, 0.2) is 16.1 Å². The molecule has 26 heavy (non-hydrogen) atoms. The molecule has 0 amide bonds. The van der Waals surface area contributed by atoms with Crippen molar-refractivity contribution >= 4 is 15.7 Å². The summed E-state index contributed by atoms with van der Waals surface area (Å²) < 4.78 is 40.6. The van der Waals surface area contributed by atoms with E-state index in [2.05, 4.69) is 4.98 Å². The molecule has 10 heteroatoms. The van der Waals surface area contributed by atoms with Crippen molar-refractivity contribution in [2.24, 2.45) is 0 Å². The minimum absolute atomic E-state index is 0.00309. The fourth-order valence-corrected chi connectivity index (χ4v) is 3.76. The molecule has 9 nitrogen and oxygen atoms in total. The lowest BCUT2D eigenvalue weighted by Crippen LogP contribution is -2.19. The molecule has 0 saturated carbocycles. The molecule has 1 fully saturated rings. The van der Waals surface area contributed by atoms with E-state index in [0.717, 1.165) is 0 Å². The van der Waals surface area contributed by atoms with Crippen molar-refractivity contribution in [1.82, 2.24) is 4.98 Å². The molecule has 1 aliphatic heterocycles. The van der Waals surface area contributed by atoms with Crippen molar-refractivity contribution in [2.45, 2.75) is 16.9 Å². The molecule has 0 spiro atoms. The molecule has 2 heterocycles. The lowest BCUT2D eigenvalue weighted by atomic mass is 10.3. The van der Waals surface area contributed by atoms with Gasteiger partial charge in [0.05, 0.1) is 29.4 Å². The number of benzene rings is 1. The van der Waals surface area contributed by atoms with Gasteiger partial charge in [-0.15, -0.1) is 0 Å². The SMILES string of the molecule is O=[N+]([O-])c1nc(OCC2OCCO2)ccc1CS(=O)(=O)c1ccccc1. The van der Waals surface area contributed by atoms with Crippen LogP contribution in [-0.4, -0.2) is 44.4 Å². The summed E-state index contributed by atoms with van der Waals surface area (Å²) in [6.45, 7) is 0.946. The third-order valence-electron chi connectivity index (χ3n) is 3.61. The smallest absolute Gasteiger partial charge is 0.371 e. The third-order valence-corrected chi connectivity index (χ3v) is 5.29. The second kappa shape index (κ2) is 7.77. The van der Waals surface area contributed by atoms with Crippen molar-refractivity contribution in [3.05, 3.63) is 58.1 Å². The number of hydrogen-bond donors (Lipinski definition) is 0. The van der Waals surface area contributed by atoms with E-state index in [4.69, 9.17) is 14.2 Å². The van der Waals surface area contributed by atoms with E-state index in [-0.39, 0.29) is 22.9 Å². The van der Waals surface area contributed by atoms with Crippen LogP contribution in [0.2, 0.25) is 0 Å². The number of aromatic nitrogens is 1. The molecule has 0 radical (unpaired) electrons. The Morgan fingerprint density at radius 3 is 2.50 bits per heavy atom. The number of sulfone groups is 1. The van der Waals surface area contributed by atoms with Gasteiger partial charge in [0.25, 0.3) is 0 Å². The molecule has 1 aromatic carbocycles. The Morgan fingerprint density at radius 2 is 1.85 bits per heavy atom. The van der Waals surface area contributed by atoms with Gasteiger partial charge in [-0.05, 0) is 23.1 Å². The lowest BCUT2D eigenvalue weighted by molar-refractivity contribution is -0.390. The average molecular weight is 380 g/mol. The Labute approximate surface area is 149 Å². The summed E-state index contributed by atoms with van der Waals surface area (Å²) in [5, 5.41) is 11.3. The van der Waals surface area contributed by atoms with E-state index in [1.54, 1.807) is 18.2 Å². The van der Waals surface area contributed by atoms with E-state index < -0.39 is 32.6 Å². The standard InChI is InChI=1S/C16H16N2O7S/c19-18(20)16-12(11-26(21,22)13-4-2-1-3-5-13)6-7-14(17-16)25-10-15-23-8-9-24-15/h1-7,15H,8-11H2. The largest absolute Gasteiger partial charge is 0.454 e. The highest BCUT2D eigenvalue weighted by Gasteiger charge is 2.25. The summed E-state index contributed by atoms with van der Waals surface area (Å²) >= 11 is 0. The van der Waals surface area contributed by atoms with E-state index >= 15 is 0 Å². The maximum absolute atomic E-state index is 12.4. The molecule has 1 saturated heterocycles. The Balaban J connectivity index is 1.79. The molecular weight excluding hydrogens is 364 g/mol. The minimum atomic E-state index is -3.73. The summed E-state index contributed by atoms with van der Waals surface area (Å²) in [5.74, 6) is -1.10. The Kier molecular flexibility index (Phi) is 5.45. The highest BCUT2D eigenvalue weighted by Crippen LogP contribution is 2.25. The van der Waals surface area contributed by atoms with E-state index in [1.165, 1.54) is 24.3 Å².